The van der Waals surface area contributed by atoms with Gasteiger partial charge in [-0.25, -0.2) is 9.79 Å². The molecule has 0 radical (unpaired) electrons. The standard InChI is InChI=1S/C28H31N3O5S/c1-17(2)35-27(33)24-18(3)29-28-31(25(24)19-8-10-20(34-4)11-9-19)26(32)22(37-28)16-21-12-13-23(36-21)30-14-6-5-7-15-30/h8-13,16-17,25H,5-7,14-15H2,1-4H3/t25-/m1/s1. The summed E-state index contributed by atoms with van der Waals surface area (Å²) in [6.45, 7) is 7.33. The number of aromatic nitrogens is 1. The summed E-state index contributed by atoms with van der Waals surface area (Å²) in [7, 11) is 1.60. The van der Waals surface area contributed by atoms with E-state index in [1.165, 1.54) is 17.8 Å². The molecule has 0 bridgehead atoms. The molecule has 1 fully saturated rings. The number of ether oxygens (including phenoxy) is 2. The maximum absolute atomic E-state index is 13.8. The number of nitrogens with zero attached hydrogens (tertiary/aromatic N) is 3. The molecule has 1 saturated heterocycles. The number of rotatable bonds is 6. The van der Waals surface area contributed by atoms with Crippen molar-refractivity contribution < 1.29 is 18.7 Å². The average Bonchev–Trinajstić information content (AvgIpc) is 3.48. The van der Waals surface area contributed by atoms with Gasteiger partial charge in [-0.2, -0.15) is 0 Å². The summed E-state index contributed by atoms with van der Waals surface area (Å²) in [6.07, 6.45) is 5.00. The number of piperidine rings is 1. The highest BCUT2D eigenvalue weighted by atomic mass is 32.1. The molecule has 9 heteroatoms. The van der Waals surface area contributed by atoms with E-state index >= 15 is 0 Å². The fourth-order valence-electron chi connectivity index (χ4n) is 4.80. The lowest BCUT2D eigenvalue weighted by molar-refractivity contribution is -0.143. The molecule has 2 aromatic heterocycles. The summed E-state index contributed by atoms with van der Waals surface area (Å²) in [5, 5.41) is 0. The van der Waals surface area contributed by atoms with E-state index in [9.17, 15) is 9.59 Å². The van der Waals surface area contributed by atoms with Crippen molar-refractivity contribution in [2.45, 2.75) is 52.2 Å². The first-order chi connectivity index (χ1) is 17.9. The topological polar surface area (TPSA) is 86.3 Å². The number of hydrogen-bond donors (Lipinski definition) is 0. The minimum absolute atomic E-state index is 0.233. The molecule has 194 valence electrons. The van der Waals surface area contributed by atoms with Gasteiger partial charge in [-0.15, -0.1) is 0 Å². The van der Waals surface area contributed by atoms with Crippen LogP contribution < -0.4 is 24.5 Å². The monoisotopic (exact) mass is 521 g/mol. The van der Waals surface area contributed by atoms with Crippen LogP contribution in [0.15, 0.2) is 61.9 Å². The Hall–Kier alpha value is -3.59. The van der Waals surface area contributed by atoms with E-state index in [1.807, 2.05) is 36.4 Å². The largest absolute Gasteiger partial charge is 0.497 e. The van der Waals surface area contributed by atoms with Gasteiger partial charge in [0.15, 0.2) is 10.7 Å². The van der Waals surface area contributed by atoms with Crippen LogP contribution in [0.1, 0.15) is 57.4 Å². The van der Waals surface area contributed by atoms with E-state index in [1.54, 1.807) is 38.5 Å². The molecular formula is C28H31N3O5S. The minimum Gasteiger partial charge on any atom is -0.497 e. The molecule has 0 spiro atoms. The quantitative estimate of drug-likeness (QED) is 0.459. The Bertz CT molecular complexity index is 1500. The first-order valence-electron chi connectivity index (χ1n) is 12.6. The molecule has 0 N–H and O–H groups in total. The van der Waals surface area contributed by atoms with Crippen molar-refractivity contribution in [3.05, 3.63) is 78.7 Å². The lowest BCUT2D eigenvalue weighted by Gasteiger charge is -2.25. The van der Waals surface area contributed by atoms with Gasteiger partial charge in [-0.1, -0.05) is 23.5 Å². The third-order valence-corrected chi connectivity index (χ3v) is 7.55. The highest BCUT2D eigenvalue weighted by Crippen LogP contribution is 2.32. The maximum Gasteiger partial charge on any atom is 0.338 e. The van der Waals surface area contributed by atoms with Gasteiger partial charge in [0.2, 0.25) is 0 Å². The Labute approximate surface area is 219 Å². The van der Waals surface area contributed by atoms with Gasteiger partial charge in [0.25, 0.3) is 5.56 Å². The van der Waals surface area contributed by atoms with Crippen molar-refractivity contribution in [2.24, 2.45) is 4.99 Å². The molecule has 8 nitrogen and oxygen atoms in total. The van der Waals surface area contributed by atoms with Gasteiger partial charge < -0.3 is 18.8 Å². The van der Waals surface area contributed by atoms with Crippen LogP contribution >= 0.6 is 11.3 Å². The van der Waals surface area contributed by atoms with Gasteiger partial charge in [-0.05, 0) is 63.8 Å². The summed E-state index contributed by atoms with van der Waals surface area (Å²) in [5.74, 6) is 1.64. The van der Waals surface area contributed by atoms with Crippen molar-refractivity contribution in [3.8, 4) is 5.75 Å². The number of methoxy groups -OCH3 is 1. The Morgan fingerprint density at radius 3 is 2.54 bits per heavy atom. The summed E-state index contributed by atoms with van der Waals surface area (Å²) in [5.41, 5.74) is 1.42. The van der Waals surface area contributed by atoms with Crippen molar-refractivity contribution in [3.63, 3.8) is 0 Å². The zero-order valence-corrected chi connectivity index (χ0v) is 22.3. The Balaban J connectivity index is 1.60. The predicted octanol–water partition coefficient (Wildman–Crippen LogP) is 3.78. The zero-order chi connectivity index (χ0) is 26.1. The number of fused-ring (bicyclic) bond motifs is 1. The van der Waals surface area contributed by atoms with Crippen molar-refractivity contribution in [1.29, 1.82) is 0 Å². The van der Waals surface area contributed by atoms with Crippen molar-refractivity contribution in [2.75, 3.05) is 25.1 Å². The molecule has 1 atom stereocenters. The maximum atomic E-state index is 13.8. The fourth-order valence-corrected chi connectivity index (χ4v) is 5.82. The fraction of sp³-hybridized carbons (Fsp3) is 0.393. The molecule has 2 aliphatic rings. The Morgan fingerprint density at radius 1 is 1.14 bits per heavy atom. The molecular weight excluding hydrogens is 490 g/mol. The lowest BCUT2D eigenvalue weighted by Crippen LogP contribution is -2.40. The van der Waals surface area contributed by atoms with Crippen LogP contribution in [0, 0.1) is 0 Å². The lowest BCUT2D eigenvalue weighted by atomic mass is 9.96. The SMILES string of the molecule is COc1ccc([C@@H]2C(C(=O)OC(C)C)=C(C)N=c3sc(=Cc4ccc(N5CCCCC5)o4)c(=O)n32)cc1. The van der Waals surface area contributed by atoms with Crippen LogP contribution in [0.3, 0.4) is 0 Å². The van der Waals surface area contributed by atoms with Gasteiger partial charge in [0, 0.05) is 25.2 Å². The second-order valence-corrected chi connectivity index (χ2v) is 10.5. The summed E-state index contributed by atoms with van der Waals surface area (Å²) < 4.78 is 19.0. The number of anilines is 1. The first-order valence-corrected chi connectivity index (χ1v) is 13.4. The number of carbonyl (C=O) groups excluding carboxylic acids is 1. The van der Waals surface area contributed by atoms with E-state index in [0.717, 1.165) is 37.4 Å². The average molecular weight is 522 g/mol. The van der Waals surface area contributed by atoms with Gasteiger partial charge in [-0.3, -0.25) is 9.36 Å². The number of hydrogen-bond acceptors (Lipinski definition) is 8. The van der Waals surface area contributed by atoms with Gasteiger partial charge in [0.05, 0.1) is 35.1 Å². The van der Waals surface area contributed by atoms with Crippen LogP contribution in [0.2, 0.25) is 0 Å². The van der Waals surface area contributed by atoms with E-state index in [-0.39, 0.29) is 11.7 Å². The molecule has 3 aromatic rings. The molecule has 1 aromatic carbocycles. The number of esters is 1. The second-order valence-electron chi connectivity index (χ2n) is 9.53. The third-order valence-electron chi connectivity index (χ3n) is 6.57. The van der Waals surface area contributed by atoms with Crippen LogP contribution in [0.25, 0.3) is 6.08 Å². The molecule has 0 saturated carbocycles. The van der Waals surface area contributed by atoms with Crippen LogP contribution in [0.5, 0.6) is 5.75 Å². The highest BCUT2D eigenvalue weighted by molar-refractivity contribution is 7.07. The number of allylic oxidation sites excluding steroid dienone is 1. The summed E-state index contributed by atoms with van der Waals surface area (Å²) >= 11 is 1.28. The van der Waals surface area contributed by atoms with Crippen LogP contribution in [-0.2, 0) is 9.53 Å². The molecule has 2 aliphatic heterocycles. The molecule has 0 aliphatic carbocycles. The molecule has 5 rings (SSSR count). The zero-order valence-electron chi connectivity index (χ0n) is 21.5. The van der Waals surface area contributed by atoms with Crippen LogP contribution in [-0.4, -0.2) is 36.8 Å². The van der Waals surface area contributed by atoms with Gasteiger partial charge >= 0.3 is 5.97 Å². The minimum atomic E-state index is -0.670. The van der Waals surface area contributed by atoms with E-state index in [2.05, 4.69) is 9.89 Å². The number of benzene rings is 1. The number of furan rings is 1. The third kappa shape index (κ3) is 5.00. The molecule has 37 heavy (non-hydrogen) atoms. The predicted molar refractivity (Wildman–Crippen MR) is 143 cm³/mol. The Morgan fingerprint density at radius 2 is 1.86 bits per heavy atom. The summed E-state index contributed by atoms with van der Waals surface area (Å²) in [4.78, 5) is 34.4. The van der Waals surface area contributed by atoms with Crippen molar-refractivity contribution in [1.82, 2.24) is 4.57 Å². The van der Waals surface area contributed by atoms with Crippen LogP contribution in [0.4, 0.5) is 5.88 Å². The number of thiazole rings is 1. The van der Waals surface area contributed by atoms with E-state index in [4.69, 9.17) is 13.9 Å². The van der Waals surface area contributed by atoms with E-state index in [0.29, 0.717) is 32.1 Å². The molecule has 0 unspecified atom stereocenters. The number of carbonyl (C=O) groups is 1. The van der Waals surface area contributed by atoms with Gasteiger partial charge in [0.1, 0.15) is 11.5 Å². The smallest absolute Gasteiger partial charge is 0.338 e. The second kappa shape index (κ2) is 10.4. The molecule has 0 amide bonds. The first kappa shape index (κ1) is 25.1. The highest BCUT2D eigenvalue weighted by Gasteiger charge is 2.33. The summed E-state index contributed by atoms with van der Waals surface area (Å²) in [6, 6.07) is 10.5. The normalized spacial score (nSPS) is 18.1. The van der Waals surface area contributed by atoms with Crippen molar-refractivity contribution >= 4 is 29.3 Å². The van der Waals surface area contributed by atoms with E-state index < -0.39 is 12.0 Å². The molecule has 4 heterocycles. The Kier molecular flexibility index (Phi) is 7.06.